The minimum Gasteiger partial charge on any atom is -0.315 e. The van der Waals surface area contributed by atoms with Gasteiger partial charge in [-0.1, -0.05) is 0 Å². The van der Waals surface area contributed by atoms with Gasteiger partial charge in [0.25, 0.3) is 5.91 Å². The Hall–Kier alpha value is -2.96. The molecule has 0 spiro atoms. The van der Waals surface area contributed by atoms with Crippen LogP contribution in [0.15, 0.2) is 43.1 Å². The van der Waals surface area contributed by atoms with Gasteiger partial charge in [-0.2, -0.15) is 0 Å². The maximum atomic E-state index is 12.4. The molecule has 0 saturated carbocycles. The van der Waals surface area contributed by atoms with Crippen LogP contribution in [0.25, 0.3) is 5.69 Å². The van der Waals surface area contributed by atoms with E-state index < -0.39 is 0 Å². The van der Waals surface area contributed by atoms with E-state index in [9.17, 15) is 4.79 Å². The first-order valence-corrected chi connectivity index (χ1v) is 7.62. The number of anilines is 1. The molecule has 1 amide bonds. The summed E-state index contributed by atoms with van der Waals surface area (Å²) in [5.74, 6) is 1.69. The molecule has 116 valence electrons. The molecule has 0 bridgehead atoms. The van der Waals surface area contributed by atoms with Crippen LogP contribution in [0.5, 0.6) is 0 Å². The number of imidazole rings is 1. The lowest BCUT2D eigenvalue weighted by Crippen LogP contribution is -2.18. The van der Waals surface area contributed by atoms with Crippen LogP contribution in [0, 0.1) is 0 Å². The molecule has 1 aliphatic heterocycles. The number of rotatable bonds is 3. The summed E-state index contributed by atoms with van der Waals surface area (Å²) < 4.78 is 3.88. The highest BCUT2D eigenvalue weighted by atomic mass is 16.1. The Balaban J connectivity index is 1.52. The Morgan fingerprint density at radius 3 is 2.65 bits per heavy atom. The molecule has 23 heavy (non-hydrogen) atoms. The summed E-state index contributed by atoms with van der Waals surface area (Å²) in [7, 11) is 0. The van der Waals surface area contributed by atoms with Gasteiger partial charge in [0.2, 0.25) is 0 Å². The molecule has 7 nitrogen and oxygen atoms in total. The monoisotopic (exact) mass is 308 g/mol. The number of aryl methyl sites for hydroxylation is 1. The average molecular weight is 308 g/mol. The van der Waals surface area contributed by atoms with Gasteiger partial charge in [0.15, 0.2) is 0 Å². The van der Waals surface area contributed by atoms with Crippen molar-refractivity contribution in [3.63, 3.8) is 0 Å². The van der Waals surface area contributed by atoms with Crippen molar-refractivity contribution in [3.05, 3.63) is 54.5 Å². The van der Waals surface area contributed by atoms with Gasteiger partial charge in [-0.3, -0.25) is 9.36 Å². The molecular formula is C16H16N6O. The molecule has 0 atom stereocenters. The minimum atomic E-state index is -0.131. The van der Waals surface area contributed by atoms with E-state index in [0.717, 1.165) is 43.1 Å². The van der Waals surface area contributed by atoms with Crippen molar-refractivity contribution >= 4 is 11.7 Å². The van der Waals surface area contributed by atoms with E-state index in [1.54, 1.807) is 35.6 Å². The summed E-state index contributed by atoms with van der Waals surface area (Å²) in [5, 5.41) is 10.5. The van der Waals surface area contributed by atoms with Gasteiger partial charge in [-0.15, -0.1) is 10.2 Å². The largest absolute Gasteiger partial charge is 0.315 e. The summed E-state index contributed by atoms with van der Waals surface area (Å²) in [6, 6.07) is 7.31. The average Bonchev–Trinajstić information content (AvgIpc) is 3.25. The molecule has 3 heterocycles. The van der Waals surface area contributed by atoms with Crippen molar-refractivity contribution in [2.24, 2.45) is 0 Å². The number of fused-ring (bicyclic) bond motifs is 1. The Kier molecular flexibility index (Phi) is 3.38. The van der Waals surface area contributed by atoms with E-state index in [1.807, 2.05) is 12.1 Å². The van der Waals surface area contributed by atoms with E-state index in [-0.39, 0.29) is 5.91 Å². The highest BCUT2D eigenvalue weighted by Crippen LogP contribution is 2.20. The molecule has 2 aromatic heterocycles. The van der Waals surface area contributed by atoms with Crippen LogP contribution in [-0.2, 0) is 13.0 Å². The zero-order chi connectivity index (χ0) is 15.6. The lowest BCUT2D eigenvalue weighted by atomic mass is 10.1. The predicted octanol–water partition coefficient (Wildman–Crippen LogP) is 2.05. The molecular weight excluding hydrogens is 292 g/mol. The Morgan fingerprint density at radius 2 is 1.87 bits per heavy atom. The van der Waals surface area contributed by atoms with Crippen molar-refractivity contribution in [2.45, 2.75) is 25.8 Å². The quantitative estimate of drug-likeness (QED) is 0.803. The van der Waals surface area contributed by atoms with E-state index in [2.05, 4.69) is 25.1 Å². The molecule has 7 heteroatoms. The fourth-order valence-corrected chi connectivity index (χ4v) is 2.82. The third kappa shape index (κ3) is 2.61. The number of carbonyl (C=O) groups excluding carboxylic acids is 1. The van der Waals surface area contributed by atoms with Crippen LogP contribution in [0.3, 0.4) is 0 Å². The number of nitrogens with one attached hydrogen (secondary N) is 1. The number of hydrogen-bond donors (Lipinski definition) is 1. The number of carbonyl (C=O) groups is 1. The van der Waals surface area contributed by atoms with Crippen LogP contribution in [-0.4, -0.2) is 30.2 Å². The third-order valence-electron chi connectivity index (χ3n) is 4.06. The molecule has 4 rings (SSSR count). The number of nitrogens with zero attached hydrogens (tertiary/aromatic N) is 5. The molecule has 0 saturated heterocycles. The highest BCUT2D eigenvalue weighted by Gasteiger charge is 2.16. The topological polar surface area (TPSA) is 77.6 Å². The summed E-state index contributed by atoms with van der Waals surface area (Å²) in [6.45, 7) is 0.914. The SMILES string of the molecule is O=C(Nc1cnc2n1CCCC2)c1ccc(-n2cnnc2)cc1. The molecule has 1 aliphatic rings. The minimum absolute atomic E-state index is 0.131. The summed E-state index contributed by atoms with van der Waals surface area (Å²) in [4.78, 5) is 16.8. The maximum Gasteiger partial charge on any atom is 0.256 e. The number of hydrogen-bond acceptors (Lipinski definition) is 4. The first-order valence-electron chi connectivity index (χ1n) is 7.62. The lowest BCUT2D eigenvalue weighted by molar-refractivity contribution is 0.102. The Bertz CT molecular complexity index is 819. The van der Waals surface area contributed by atoms with E-state index >= 15 is 0 Å². The molecule has 0 aliphatic carbocycles. The smallest absolute Gasteiger partial charge is 0.256 e. The summed E-state index contributed by atoms with van der Waals surface area (Å²) in [5.41, 5.74) is 1.52. The van der Waals surface area contributed by atoms with Crippen LogP contribution in [0.1, 0.15) is 29.0 Å². The Morgan fingerprint density at radius 1 is 1.09 bits per heavy atom. The van der Waals surface area contributed by atoms with E-state index in [4.69, 9.17) is 0 Å². The highest BCUT2D eigenvalue weighted by molar-refractivity contribution is 6.03. The zero-order valence-corrected chi connectivity index (χ0v) is 12.5. The number of amides is 1. The molecule has 0 radical (unpaired) electrons. The summed E-state index contributed by atoms with van der Waals surface area (Å²) >= 11 is 0. The maximum absolute atomic E-state index is 12.4. The molecule has 3 aromatic rings. The van der Waals surface area contributed by atoms with Gasteiger partial charge in [-0.25, -0.2) is 4.98 Å². The third-order valence-corrected chi connectivity index (χ3v) is 4.06. The fraction of sp³-hybridized carbons (Fsp3) is 0.250. The second kappa shape index (κ2) is 5.68. The first-order chi connectivity index (χ1) is 11.3. The number of benzene rings is 1. The van der Waals surface area contributed by atoms with E-state index in [0.29, 0.717) is 5.56 Å². The van der Waals surface area contributed by atoms with Crippen molar-refractivity contribution in [3.8, 4) is 5.69 Å². The van der Waals surface area contributed by atoms with Crippen LogP contribution >= 0.6 is 0 Å². The van der Waals surface area contributed by atoms with Gasteiger partial charge in [0.1, 0.15) is 24.3 Å². The van der Waals surface area contributed by atoms with Crippen LogP contribution < -0.4 is 5.32 Å². The van der Waals surface area contributed by atoms with Crippen molar-refractivity contribution in [1.82, 2.24) is 24.3 Å². The molecule has 0 unspecified atom stereocenters. The van der Waals surface area contributed by atoms with Gasteiger partial charge in [0.05, 0.1) is 6.20 Å². The van der Waals surface area contributed by atoms with Crippen molar-refractivity contribution in [1.29, 1.82) is 0 Å². The van der Waals surface area contributed by atoms with E-state index in [1.165, 1.54) is 0 Å². The Labute approximate surface area is 133 Å². The van der Waals surface area contributed by atoms with Crippen LogP contribution in [0.4, 0.5) is 5.82 Å². The molecule has 1 N–H and O–H groups in total. The predicted molar refractivity (Wildman–Crippen MR) is 84.5 cm³/mol. The lowest BCUT2D eigenvalue weighted by Gasteiger charge is -2.16. The standard InChI is InChI=1S/C16H16N6O/c23-16(20-15-9-17-14-3-1-2-8-22(14)15)12-4-6-13(7-5-12)21-10-18-19-11-21/h4-7,9-11H,1-3,8H2,(H,20,23). The second-order valence-electron chi connectivity index (χ2n) is 5.54. The second-order valence-corrected chi connectivity index (χ2v) is 5.54. The normalized spacial score (nSPS) is 13.6. The van der Waals surface area contributed by atoms with Gasteiger partial charge in [-0.05, 0) is 37.1 Å². The van der Waals surface area contributed by atoms with Gasteiger partial charge in [0, 0.05) is 24.2 Å². The molecule has 0 fully saturated rings. The van der Waals surface area contributed by atoms with Gasteiger partial charge >= 0.3 is 0 Å². The van der Waals surface area contributed by atoms with Crippen molar-refractivity contribution < 1.29 is 4.79 Å². The zero-order valence-electron chi connectivity index (χ0n) is 12.5. The molecule has 1 aromatic carbocycles. The van der Waals surface area contributed by atoms with Gasteiger partial charge < -0.3 is 9.88 Å². The van der Waals surface area contributed by atoms with Crippen molar-refractivity contribution in [2.75, 3.05) is 5.32 Å². The number of aromatic nitrogens is 5. The summed E-state index contributed by atoms with van der Waals surface area (Å²) in [6.07, 6.45) is 8.24. The van der Waals surface area contributed by atoms with Crippen LogP contribution in [0.2, 0.25) is 0 Å². The fourth-order valence-electron chi connectivity index (χ4n) is 2.82. The first kappa shape index (κ1) is 13.7.